The van der Waals surface area contributed by atoms with Crippen molar-refractivity contribution >= 4 is 17.6 Å². The van der Waals surface area contributed by atoms with Crippen LogP contribution in [0.3, 0.4) is 0 Å². The van der Waals surface area contributed by atoms with E-state index < -0.39 is 11.4 Å². The minimum atomic E-state index is -0.704. The van der Waals surface area contributed by atoms with E-state index in [2.05, 4.69) is 39.8 Å². The second-order valence-corrected chi connectivity index (χ2v) is 8.21. The number of nitriles is 3. The molecular weight excluding hydrogens is 453 g/mol. The standard InChI is InChI=1S/C7H13N.C7H14O2.C5H9N.C3H8.C2H2ClN.K.H2O/c1-4-5-7(2,3)6-8;1-4-5-7(2,3)6(8)9;1-2-3-4-5-6;1-3-2;3-1-2-4;;/h4-5H2,1-3H3;4-5H2,1-3H3,(H,8,9);2-4H2,1H3;3H2,1-2H3;1H2;;1H2/q;;;;;+1;/p-1. The van der Waals surface area contributed by atoms with Gasteiger partial charge in [0.05, 0.1) is 29.0 Å². The van der Waals surface area contributed by atoms with Gasteiger partial charge in [0.15, 0.2) is 0 Å². The van der Waals surface area contributed by atoms with Crippen molar-refractivity contribution in [1.29, 1.82) is 15.8 Å². The van der Waals surface area contributed by atoms with E-state index in [1.54, 1.807) is 19.9 Å². The molecule has 0 rings (SSSR count). The number of alkyl halides is 1. The smallest absolute Gasteiger partial charge is 0.870 e. The van der Waals surface area contributed by atoms with Crippen molar-refractivity contribution in [2.45, 2.75) is 114 Å². The summed E-state index contributed by atoms with van der Waals surface area (Å²) in [6, 6.07) is 6.01. The van der Waals surface area contributed by atoms with Crippen molar-refractivity contribution in [3.8, 4) is 18.2 Å². The van der Waals surface area contributed by atoms with Gasteiger partial charge in [0, 0.05) is 6.42 Å². The van der Waals surface area contributed by atoms with E-state index in [0.29, 0.717) is 0 Å². The van der Waals surface area contributed by atoms with Crippen LogP contribution in [-0.2, 0) is 4.79 Å². The first-order valence-corrected chi connectivity index (χ1v) is 11.4. The Morgan fingerprint density at radius 3 is 1.34 bits per heavy atom. The Balaban J connectivity index is -0.0000000504. The van der Waals surface area contributed by atoms with Crippen molar-refractivity contribution < 1.29 is 66.8 Å². The van der Waals surface area contributed by atoms with Crippen LogP contribution < -0.4 is 51.4 Å². The zero-order chi connectivity index (χ0) is 25.1. The molecule has 0 aromatic rings. The fourth-order valence-corrected chi connectivity index (χ4v) is 1.67. The molecule has 32 heavy (non-hydrogen) atoms. The van der Waals surface area contributed by atoms with Gasteiger partial charge >= 0.3 is 57.4 Å². The first kappa shape index (κ1) is 49.1. The van der Waals surface area contributed by atoms with Gasteiger partial charge in [-0.15, -0.1) is 11.6 Å². The van der Waals surface area contributed by atoms with Gasteiger partial charge in [-0.25, -0.2) is 0 Å². The van der Waals surface area contributed by atoms with Crippen molar-refractivity contribution in [2.24, 2.45) is 10.8 Å². The molecule has 0 saturated carbocycles. The zero-order valence-electron chi connectivity index (χ0n) is 22.4. The number of halogens is 1. The van der Waals surface area contributed by atoms with Crippen LogP contribution in [-0.4, -0.2) is 22.4 Å². The normalized spacial score (nSPS) is 8.47. The number of unbranched alkanes of at least 4 members (excludes halogenated alkanes) is 2. The summed E-state index contributed by atoms with van der Waals surface area (Å²) in [5.74, 6) is -0.607. The SMILES string of the molecule is CCC.CCCC(C)(C)C#N.CCCC(C)(C)C(=O)O.CCCCC#N.N#CCCl.[K+].[OH-]. The summed E-state index contributed by atoms with van der Waals surface area (Å²) in [7, 11) is 0. The number of aliphatic carboxylic acids is 1. The molecule has 6 nitrogen and oxygen atoms in total. The maximum atomic E-state index is 10.4. The van der Waals surface area contributed by atoms with E-state index in [0.717, 1.165) is 44.9 Å². The molecule has 184 valence electrons. The maximum Gasteiger partial charge on any atom is 1.00 e. The molecule has 0 aliphatic rings. The molecule has 0 amide bonds. The zero-order valence-corrected chi connectivity index (χ0v) is 26.3. The Hall–Kier alpha value is -0.174. The number of rotatable bonds is 7. The van der Waals surface area contributed by atoms with Crippen molar-refractivity contribution in [3.63, 3.8) is 0 Å². The van der Waals surface area contributed by atoms with Gasteiger partial charge in [-0.1, -0.05) is 60.3 Å². The molecule has 0 heterocycles. The van der Waals surface area contributed by atoms with Crippen LogP contribution >= 0.6 is 11.6 Å². The first-order valence-electron chi connectivity index (χ1n) is 10.8. The van der Waals surface area contributed by atoms with E-state index in [9.17, 15) is 4.79 Å². The quantitative estimate of drug-likeness (QED) is 0.299. The second kappa shape index (κ2) is 38.1. The summed E-state index contributed by atoms with van der Waals surface area (Å²) in [6.45, 7) is 17.9. The Labute approximate surface area is 246 Å². The number of carboxylic acids is 1. The van der Waals surface area contributed by atoms with Gasteiger partial charge in [-0.05, 0) is 47.0 Å². The van der Waals surface area contributed by atoms with Crippen LogP contribution in [0.1, 0.15) is 114 Å². The number of nitrogens with zero attached hydrogens (tertiary/aromatic N) is 3. The third-order valence-corrected chi connectivity index (χ3v) is 3.45. The van der Waals surface area contributed by atoms with Gasteiger partial charge in [-0.3, -0.25) is 4.79 Å². The minimum absolute atomic E-state index is 0. The minimum Gasteiger partial charge on any atom is -0.870 e. The molecule has 2 N–H and O–H groups in total. The van der Waals surface area contributed by atoms with Crippen LogP contribution in [0.5, 0.6) is 0 Å². The van der Waals surface area contributed by atoms with E-state index in [4.69, 9.17) is 32.5 Å². The van der Waals surface area contributed by atoms with Crippen LogP contribution in [0.4, 0.5) is 0 Å². The topological polar surface area (TPSA) is 139 Å². The van der Waals surface area contributed by atoms with Crippen LogP contribution in [0.25, 0.3) is 0 Å². The van der Waals surface area contributed by atoms with Crippen LogP contribution in [0.2, 0.25) is 0 Å². The van der Waals surface area contributed by atoms with E-state index >= 15 is 0 Å². The van der Waals surface area contributed by atoms with E-state index in [-0.39, 0.29) is 68.2 Å². The van der Waals surface area contributed by atoms with E-state index in [1.165, 1.54) is 6.42 Å². The Bertz CT molecular complexity index is 494. The second-order valence-electron chi connectivity index (χ2n) is 7.95. The Kier molecular flexibility index (Phi) is 58.4. The van der Waals surface area contributed by atoms with Crippen molar-refractivity contribution in [3.05, 3.63) is 0 Å². The molecule has 0 bridgehead atoms. The van der Waals surface area contributed by atoms with Gasteiger partial charge in [0.25, 0.3) is 0 Å². The third kappa shape index (κ3) is 57.1. The molecule has 0 aromatic heterocycles. The Morgan fingerprint density at radius 2 is 1.25 bits per heavy atom. The molecule has 0 aromatic carbocycles. The fraction of sp³-hybridized carbons (Fsp3) is 0.833. The average molecular weight is 500 g/mol. The summed E-state index contributed by atoms with van der Waals surface area (Å²) in [6.07, 6.45) is 7.94. The van der Waals surface area contributed by atoms with Gasteiger partial charge in [-0.2, -0.15) is 15.8 Å². The molecule has 0 spiro atoms. The maximum absolute atomic E-state index is 10.4. The number of carboxylic acid groups (broad SMARTS) is 1. The first-order chi connectivity index (χ1) is 13.9. The Morgan fingerprint density at radius 1 is 0.875 bits per heavy atom. The molecule has 0 fully saturated rings. The molecule has 0 aliphatic carbocycles. The largest absolute Gasteiger partial charge is 1.00 e. The summed E-state index contributed by atoms with van der Waals surface area (Å²) in [4.78, 5) is 10.4. The molecule has 0 atom stereocenters. The molecule has 0 aliphatic heterocycles. The van der Waals surface area contributed by atoms with Crippen molar-refractivity contribution in [1.82, 2.24) is 0 Å². The summed E-state index contributed by atoms with van der Waals surface area (Å²) < 4.78 is 0. The molecule has 0 unspecified atom stereocenters. The number of hydrogen-bond donors (Lipinski definition) is 1. The molecule has 0 saturated heterocycles. The van der Waals surface area contributed by atoms with Gasteiger partial charge in [0.1, 0.15) is 5.88 Å². The predicted octanol–water partition coefficient (Wildman–Crippen LogP) is 4.93. The van der Waals surface area contributed by atoms with E-state index in [1.807, 2.05) is 20.8 Å². The van der Waals surface area contributed by atoms with Gasteiger partial charge in [0.2, 0.25) is 0 Å². The predicted molar refractivity (Wildman–Crippen MR) is 130 cm³/mol. The van der Waals surface area contributed by atoms with Crippen LogP contribution in [0, 0.1) is 44.8 Å². The monoisotopic (exact) mass is 499 g/mol. The third-order valence-electron chi connectivity index (χ3n) is 3.33. The van der Waals surface area contributed by atoms with Crippen LogP contribution in [0.15, 0.2) is 0 Å². The van der Waals surface area contributed by atoms with Crippen molar-refractivity contribution in [2.75, 3.05) is 5.88 Å². The molecular formula is C24H47ClKN3O3. The average Bonchev–Trinajstić information content (AvgIpc) is 2.68. The summed E-state index contributed by atoms with van der Waals surface area (Å²) in [5, 5.41) is 32.5. The molecule has 0 radical (unpaired) electrons. The number of carbonyl (C=O) groups is 1. The van der Waals surface area contributed by atoms with Gasteiger partial charge < -0.3 is 10.6 Å². The fourth-order valence-electron chi connectivity index (χ4n) is 1.67. The number of hydrogen-bond acceptors (Lipinski definition) is 5. The molecule has 8 heteroatoms. The summed E-state index contributed by atoms with van der Waals surface area (Å²) >= 11 is 4.82. The summed E-state index contributed by atoms with van der Waals surface area (Å²) in [5.41, 5.74) is -0.635.